The Balaban J connectivity index is 1.47. The highest BCUT2D eigenvalue weighted by Crippen LogP contribution is 2.40. The molecule has 4 heteroatoms. The molecule has 0 fully saturated rings. The number of hydrogen-bond donors (Lipinski definition) is 1. The lowest BCUT2D eigenvalue weighted by Crippen LogP contribution is -2.07. The Morgan fingerprint density at radius 3 is 2.31 bits per heavy atom. The largest absolute Gasteiger partial charge is 0.491 e. The topological polar surface area (TPSA) is 51.5 Å². The quantitative estimate of drug-likeness (QED) is 0.234. The Morgan fingerprint density at radius 2 is 1.44 bits per heavy atom. The fraction of sp³-hybridized carbons (Fsp3) is 0.114. The molecule has 39 heavy (non-hydrogen) atoms. The summed E-state index contributed by atoms with van der Waals surface area (Å²) in [5, 5.41) is 13.2. The van der Waals surface area contributed by atoms with Crippen LogP contribution in [0.2, 0.25) is 0 Å². The molecule has 192 valence electrons. The summed E-state index contributed by atoms with van der Waals surface area (Å²) in [6.07, 6.45) is 2.19. The maximum absolute atomic E-state index is 12.1. The minimum absolute atomic E-state index is 0.295. The summed E-state index contributed by atoms with van der Waals surface area (Å²) in [5.74, 6) is -0.0609. The first-order chi connectivity index (χ1) is 19.0. The van der Waals surface area contributed by atoms with E-state index < -0.39 is 5.97 Å². The van der Waals surface area contributed by atoms with Gasteiger partial charge in [0.05, 0.1) is 12.1 Å². The van der Waals surface area contributed by atoms with Crippen molar-refractivity contribution in [1.82, 2.24) is 4.57 Å². The molecule has 1 heterocycles. The molecule has 6 rings (SSSR count). The molecule has 0 radical (unpaired) electrons. The van der Waals surface area contributed by atoms with Crippen molar-refractivity contribution in [3.8, 4) is 28.0 Å². The molecular formula is C35H29NO3. The van der Waals surface area contributed by atoms with E-state index >= 15 is 0 Å². The lowest BCUT2D eigenvalue weighted by atomic mass is 9.91. The van der Waals surface area contributed by atoms with Gasteiger partial charge in [-0.05, 0) is 65.3 Å². The Labute approximate surface area is 227 Å². The number of ether oxygens (including phenoxy) is 1. The SMILES string of the molecule is Cc1cccc(-c2cn(CCOc3cccc4ccccc34)c3cccc(-c4ccccc4C(=O)O)c23)c1C. The molecule has 1 N–H and O–H groups in total. The van der Waals surface area contributed by atoms with Crippen LogP contribution in [0.4, 0.5) is 0 Å². The average Bonchev–Trinajstić information content (AvgIpc) is 3.33. The normalized spacial score (nSPS) is 11.2. The van der Waals surface area contributed by atoms with Crippen LogP contribution in [0, 0.1) is 13.8 Å². The Bertz CT molecular complexity index is 1840. The van der Waals surface area contributed by atoms with Gasteiger partial charge >= 0.3 is 5.97 Å². The smallest absolute Gasteiger partial charge is 0.336 e. The fourth-order valence-corrected chi connectivity index (χ4v) is 5.49. The molecule has 0 aliphatic heterocycles. The third kappa shape index (κ3) is 4.44. The summed E-state index contributed by atoms with van der Waals surface area (Å²) in [7, 11) is 0. The van der Waals surface area contributed by atoms with Gasteiger partial charge in [0.2, 0.25) is 0 Å². The Kier molecular flexibility index (Phi) is 6.37. The van der Waals surface area contributed by atoms with Gasteiger partial charge in [0.15, 0.2) is 0 Å². The molecule has 0 aliphatic carbocycles. The van der Waals surface area contributed by atoms with Gasteiger partial charge in [-0.3, -0.25) is 0 Å². The summed E-state index contributed by atoms with van der Waals surface area (Å²) in [4.78, 5) is 12.1. The van der Waals surface area contributed by atoms with Gasteiger partial charge in [-0.1, -0.05) is 84.9 Å². The minimum atomic E-state index is -0.932. The number of carboxylic acid groups (broad SMARTS) is 1. The van der Waals surface area contributed by atoms with Crippen molar-refractivity contribution < 1.29 is 14.6 Å². The van der Waals surface area contributed by atoms with Crippen molar-refractivity contribution in [3.05, 3.63) is 126 Å². The van der Waals surface area contributed by atoms with Gasteiger partial charge in [-0.2, -0.15) is 0 Å². The number of rotatable bonds is 7. The third-order valence-corrected chi connectivity index (χ3v) is 7.59. The molecule has 0 aliphatic rings. The van der Waals surface area contributed by atoms with E-state index in [1.54, 1.807) is 12.1 Å². The molecule has 6 aromatic rings. The predicted molar refractivity (Wildman–Crippen MR) is 159 cm³/mol. The predicted octanol–water partition coefficient (Wildman–Crippen LogP) is 8.52. The molecule has 0 saturated carbocycles. The van der Waals surface area contributed by atoms with Gasteiger partial charge < -0.3 is 14.4 Å². The first kappa shape index (κ1) is 24.5. The van der Waals surface area contributed by atoms with Gasteiger partial charge in [0, 0.05) is 28.0 Å². The van der Waals surface area contributed by atoms with Gasteiger partial charge in [0.25, 0.3) is 0 Å². The lowest BCUT2D eigenvalue weighted by Gasteiger charge is -2.12. The molecule has 0 unspecified atom stereocenters. The Hall–Kier alpha value is -4.83. The second kappa shape index (κ2) is 10.1. The number of nitrogens with zero attached hydrogens (tertiary/aromatic N) is 1. The average molecular weight is 512 g/mol. The van der Waals surface area contributed by atoms with E-state index in [1.165, 1.54) is 11.1 Å². The van der Waals surface area contributed by atoms with Crippen LogP contribution in [0.25, 0.3) is 43.9 Å². The zero-order valence-corrected chi connectivity index (χ0v) is 22.0. The summed E-state index contributed by atoms with van der Waals surface area (Å²) in [5.41, 5.74) is 7.64. The van der Waals surface area contributed by atoms with Gasteiger partial charge in [-0.25, -0.2) is 4.79 Å². The number of carboxylic acids is 1. The number of aryl methyl sites for hydroxylation is 1. The third-order valence-electron chi connectivity index (χ3n) is 7.59. The van der Waals surface area contributed by atoms with Crippen molar-refractivity contribution in [2.24, 2.45) is 0 Å². The number of carbonyl (C=O) groups is 1. The summed E-state index contributed by atoms with van der Waals surface area (Å²) < 4.78 is 8.52. The van der Waals surface area contributed by atoms with E-state index in [0.29, 0.717) is 24.3 Å². The van der Waals surface area contributed by atoms with Crippen LogP contribution in [-0.4, -0.2) is 22.2 Å². The molecule has 1 aromatic heterocycles. The number of fused-ring (bicyclic) bond motifs is 2. The Morgan fingerprint density at radius 1 is 0.744 bits per heavy atom. The lowest BCUT2D eigenvalue weighted by molar-refractivity contribution is 0.0697. The van der Waals surface area contributed by atoms with Crippen LogP contribution < -0.4 is 4.74 Å². The second-order valence-corrected chi connectivity index (χ2v) is 9.86. The second-order valence-electron chi connectivity index (χ2n) is 9.86. The van der Waals surface area contributed by atoms with Crippen LogP contribution in [0.15, 0.2) is 109 Å². The maximum Gasteiger partial charge on any atom is 0.336 e. The number of aromatic nitrogens is 1. The molecule has 0 bridgehead atoms. The summed E-state index contributed by atoms with van der Waals surface area (Å²) in [6.45, 7) is 5.41. The molecule has 5 aromatic carbocycles. The zero-order chi connectivity index (χ0) is 26.9. The molecular weight excluding hydrogens is 482 g/mol. The highest BCUT2D eigenvalue weighted by Gasteiger charge is 2.20. The first-order valence-electron chi connectivity index (χ1n) is 13.1. The molecule has 0 spiro atoms. The highest BCUT2D eigenvalue weighted by atomic mass is 16.5. The van der Waals surface area contributed by atoms with Crippen molar-refractivity contribution in [1.29, 1.82) is 0 Å². The van der Waals surface area contributed by atoms with Crippen molar-refractivity contribution in [2.45, 2.75) is 20.4 Å². The number of benzene rings is 5. The van der Waals surface area contributed by atoms with Crippen LogP contribution >= 0.6 is 0 Å². The first-order valence-corrected chi connectivity index (χ1v) is 13.1. The van der Waals surface area contributed by atoms with Crippen molar-refractivity contribution in [3.63, 3.8) is 0 Å². The van der Waals surface area contributed by atoms with E-state index in [-0.39, 0.29) is 0 Å². The summed E-state index contributed by atoms with van der Waals surface area (Å²) >= 11 is 0. The number of hydrogen-bond acceptors (Lipinski definition) is 2. The molecule has 0 atom stereocenters. The van der Waals surface area contributed by atoms with E-state index in [1.807, 2.05) is 48.5 Å². The molecule has 0 amide bonds. The van der Waals surface area contributed by atoms with Crippen LogP contribution in [0.3, 0.4) is 0 Å². The minimum Gasteiger partial charge on any atom is -0.491 e. The van der Waals surface area contributed by atoms with Gasteiger partial charge in [0.1, 0.15) is 12.4 Å². The van der Waals surface area contributed by atoms with Crippen molar-refractivity contribution in [2.75, 3.05) is 6.61 Å². The van der Waals surface area contributed by atoms with E-state index in [4.69, 9.17) is 4.74 Å². The summed E-state index contributed by atoms with van der Waals surface area (Å²) in [6, 6.07) is 34.1. The maximum atomic E-state index is 12.1. The van der Waals surface area contributed by atoms with Crippen LogP contribution in [0.5, 0.6) is 5.75 Å². The van der Waals surface area contributed by atoms with Crippen molar-refractivity contribution >= 4 is 27.6 Å². The van der Waals surface area contributed by atoms with E-state index in [2.05, 4.69) is 67.1 Å². The monoisotopic (exact) mass is 511 g/mol. The standard InChI is InChI=1S/C35H29NO3/c1-23-10-7-16-26(24(23)2)31-22-36(20-21-39-33-19-8-12-25-11-3-4-13-27(25)33)32-18-9-17-29(34(31)32)28-14-5-6-15-30(28)35(37)38/h3-19,22H,20-21H2,1-2H3,(H,37,38). The highest BCUT2D eigenvalue weighted by molar-refractivity contribution is 6.09. The van der Waals surface area contributed by atoms with E-state index in [0.717, 1.165) is 44.1 Å². The zero-order valence-electron chi connectivity index (χ0n) is 22.0. The van der Waals surface area contributed by atoms with E-state index in [9.17, 15) is 9.90 Å². The van der Waals surface area contributed by atoms with Crippen LogP contribution in [-0.2, 0) is 6.54 Å². The molecule has 0 saturated heterocycles. The van der Waals surface area contributed by atoms with Gasteiger partial charge in [-0.15, -0.1) is 0 Å². The fourth-order valence-electron chi connectivity index (χ4n) is 5.49. The molecule has 4 nitrogen and oxygen atoms in total. The number of aromatic carboxylic acids is 1. The van der Waals surface area contributed by atoms with Crippen LogP contribution in [0.1, 0.15) is 21.5 Å².